The highest BCUT2D eigenvalue weighted by Gasteiger charge is 2.41. The Hall–Kier alpha value is -2.88. The molecule has 2 amide bonds. The maximum absolute atomic E-state index is 14.2. The number of likely N-dealkylation sites (tertiary alicyclic amines) is 1. The number of amides is 2. The molecule has 3 aliphatic rings. The Labute approximate surface area is 216 Å². The van der Waals surface area contributed by atoms with Gasteiger partial charge in [0, 0.05) is 37.3 Å². The normalized spacial score (nSPS) is 27.5. The number of rotatable bonds is 7. The Kier molecular flexibility index (Phi) is 7.55. The van der Waals surface area contributed by atoms with Crippen molar-refractivity contribution >= 4 is 11.8 Å². The molecule has 1 aromatic heterocycles. The highest BCUT2D eigenvalue weighted by atomic mass is 19.1. The lowest BCUT2D eigenvalue weighted by atomic mass is 9.80. The summed E-state index contributed by atoms with van der Waals surface area (Å²) in [5, 5.41) is 14.0. The lowest BCUT2D eigenvalue weighted by Crippen LogP contribution is -2.59. The second kappa shape index (κ2) is 10.8. The Morgan fingerprint density at radius 3 is 2.57 bits per heavy atom. The minimum absolute atomic E-state index is 0.00539. The van der Waals surface area contributed by atoms with E-state index in [9.17, 15) is 18.4 Å². The van der Waals surface area contributed by atoms with Gasteiger partial charge in [-0.05, 0) is 63.0 Å². The molecule has 37 heavy (non-hydrogen) atoms. The van der Waals surface area contributed by atoms with Gasteiger partial charge in [-0.3, -0.25) is 14.5 Å². The number of benzene rings is 1. The maximum Gasteiger partial charge on any atom is 0.273 e. The van der Waals surface area contributed by atoms with Gasteiger partial charge in [0.05, 0.1) is 12.1 Å². The fourth-order valence-corrected chi connectivity index (χ4v) is 6.17. The smallest absolute Gasteiger partial charge is 0.273 e. The van der Waals surface area contributed by atoms with Crippen molar-refractivity contribution in [2.24, 2.45) is 17.8 Å². The van der Waals surface area contributed by atoms with E-state index in [1.54, 1.807) is 0 Å². The molecule has 2 aromatic rings. The molecule has 5 atom stereocenters. The average Bonchev–Trinajstić information content (AvgIpc) is 3.47. The molecule has 0 unspecified atom stereocenters. The zero-order valence-corrected chi connectivity index (χ0v) is 21.5. The summed E-state index contributed by atoms with van der Waals surface area (Å²) in [6.45, 7) is 5.78. The van der Waals surface area contributed by atoms with Gasteiger partial charge >= 0.3 is 0 Å². The Morgan fingerprint density at radius 2 is 1.89 bits per heavy atom. The number of nitrogens with one attached hydrogen (secondary N) is 2. The van der Waals surface area contributed by atoms with E-state index >= 15 is 0 Å². The summed E-state index contributed by atoms with van der Waals surface area (Å²) >= 11 is 0. The summed E-state index contributed by atoms with van der Waals surface area (Å²) in [7, 11) is 0. The van der Waals surface area contributed by atoms with Crippen LogP contribution in [-0.2, 0) is 4.79 Å². The van der Waals surface area contributed by atoms with Gasteiger partial charge < -0.3 is 10.6 Å². The van der Waals surface area contributed by atoms with E-state index in [1.165, 1.54) is 31.5 Å². The molecule has 1 saturated heterocycles. The molecule has 2 heterocycles. The number of hydrogen-bond donors (Lipinski definition) is 2. The molecule has 3 fully saturated rings. The summed E-state index contributed by atoms with van der Waals surface area (Å²) < 4.78 is 28.5. The van der Waals surface area contributed by atoms with Crippen molar-refractivity contribution in [2.75, 3.05) is 13.1 Å². The van der Waals surface area contributed by atoms with Crippen LogP contribution >= 0.6 is 0 Å². The summed E-state index contributed by atoms with van der Waals surface area (Å²) in [5.74, 6) is -1.24. The number of nitrogens with zero attached hydrogens (tertiary/aromatic N) is 4. The minimum atomic E-state index is -0.803. The summed E-state index contributed by atoms with van der Waals surface area (Å²) in [6, 6.07) is 3.35. The number of carbonyl (C=O) groups is 2. The van der Waals surface area contributed by atoms with Crippen LogP contribution in [0.4, 0.5) is 8.78 Å². The topological polar surface area (TPSA) is 92.2 Å². The van der Waals surface area contributed by atoms with Crippen LogP contribution in [0.15, 0.2) is 24.4 Å². The van der Waals surface area contributed by atoms with Crippen molar-refractivity contribution in [3.05, 3.63) is 41.7 Å². The number of piperidine rings is 1. The standard InChI is InChI=1S/C27H36F2N6O2/c1-16-5-3-8-24(16)34-12-11-22(20(14-34)26(36)30-17(2)18-6-4-7-18)31-27(37)23-15-35(33-32-23)25-10-9-19(28)13-21(25)29/h9-10,13,15-18,20,22,24H,3-8,11-12,14H2,1-2H3,(H,30,36)(H,31,37)/t16-,17-,20-,22-,24-/m1/s1. The molecule has 8 nitrogen and oxygen atoms in total. The number of halogens is 2. The molecule has 5 rings (SSSR count). The van der Waals surface area contributed by atoms with Crippen molar-refractivity contribution in [1.82, 2.24) is 30.5 Å². The molecular weight excluding hydrogens is 478 g/mol. The fraction of sp³-hybridized carbons (Fsp3) is 0.630. The van der Waals surface area contributed by atoms with E-state index in [0.717, 1.165) is 42.6 Å². The molecule has 200 valence electrons. The van der Waals surface area contributed by atoms with E-state index in [2.05, 4.69) is 39.7 Å². The van der Waals surface area contributed by atoms with Crippen LogP contribution in [0.5, 0.6) is 0 Å². The van der Waals surface area contributed by atoms with Gasteiger partial charge in [-0.2, -0.15) is 0 Å². The van der Waals surface area contributed by atoms with Crippen LogP contribution in [0.3, 0.4) is 0 Å². The SMILES string of the molecule is C[C@@H]1CCC[C@H]1N1CC[C@@H](NC(=O)c2cn(-c3ccc(F)cc3F)nn2)[C@H](C(=O)N[C@H](C)C2CCC2)C1. The van der Waals surface area contributed by atoms with Crippen LogP contribution in [0.25, 0.3) is 5.69 Å². The van der Waals surface area contributed by atoms with Crippen LogP contribution in [0, 0.1) is 29.4 Å². The Morgan fingerprint density at radius 1 is 1.11 bits per heavy atom. The highest BCUT2D eigenvalue weighted by molar-refractivity contribution is 5.92. The Balaban J connectivity index is 1.29. The third kappa shape index (κ3) is 5.54. The van der Waals surface area contributed by atoms with Gasteiger partial charge in [-0.25, -0.2) is 13.5 Å². The molecule has 2 aliphatic carbocycles. The average molecular weight is 515 g/mol. The van der Waals surface area contributed by atoms with E-state index in [-0.39, 0.29) is 35.3 Å². The molecule has 2 saturated carbocycles. The van der Waals surface area contributed by atoms with Crippen molar-refractivity contribution < 1.29 is 18.4 Å². The second-order valence-corrected chi connectivity index (χ2v) is 11.1. The monoisotopic (exact) mass is 514 g/mol. The van der Waals surface area contributed by atoms with Gasteiger partial charge in [-0.1, -0.05) is 25.0 Å². The lowest BCUT2D eigenvalue weighted by Gasteiger charge is -2.43. The first-order valence-electron chi connectivity index (χ1n) is 13.5. The summed E-state index contributed by atoms with van der Waals surface area (Å²) in [4.78, 5) is 29.0. The first-order valence-corrected chi connectivity index (χ1v) is 13.5. The molecule has 1 aliphatic heterocycles. The van der Waals surface area contributed by atoms with E-state index in [1.807, 2.05) is 0 Å². The van der Waals surface area contributed by atoms with Gasteiger partial charge in [0.15, 0.2) is 11.5 Å². The van der Waals surface area contributed by atoms with Gasteiger partial charge in [-0.15, -0.1) is 5.10 Å². The quantitative estimate of drug-likeness (QED) is 0.591. The summed E-state index contributed by atoms with van der Waals surface area (Å²) in [5.41, 5.74) is 0.00624. The van der Waals surface area contributed by atoms with Crippen LogP contribution in [0.2, 0.25) is 0 Å². The summed E-state index contributed by atoms with van der Waals surface area (Å²) in [6.07, 6.45) is 9.03. The second-order valence-electron chi connectivity index (χ2n) is 11.1. The van der Waals surface area contributed by atoms with E-state index in [4.69, 9.17) is 0 Å². The first kappa shape index (κ1) is 25.8. The Bertz CT molecular complexity index is 1140. The van der Waals surface area contributed by atoms with Crippen LogP contribution < -0.4 is 10.6 Å². The molecule has 1 aromatic carbocycles. The molecule has 10 heteroatoms. The third-order valence-corrected chi connectivity index (χ3v) is 8.69. The van der Waals surface area contributed by atoms with E-state index < -0.39 is 17.5 Å². The molecule has 0 spiro atoms. The minimum Gasteiger partial charge on any atom is -0.353 e. The highest BCUT2D eigenvalue weighted by Crippen LogP contribution is 2.33. The predicted octanol–water partition coefficient (Wildman–Crippen LogP) is 3.46. The van der Waals surface area contributed by atoms with Crippen LogP contribution in [-0.4, -0.2) is 62.9 Å². The van der Waals surface area contributed by atoms with Crippen LogP contribution in [0.1, 0.15) is 69.3 Å². The fourth-order valence-electron chi connectivity index (χ4n) is 6.17. The third-order valence-electron chi connectivity index (χ3n) is 8.69. The molecule has 0 radical (unpaired) electrons. The molecule has 2 N–H and O–H groups in total. The number of hydrogen-bond acceptors (Lipinski definition) is 5. The van der Waals surface area contributed by atoms with Crippen molar-refractivity contribution in [1.29, 1.82) is 0 Å². The lowest BCUT2D eigenvalue weighted by molar-refractivity contribution is -0.129. The maximum atomic E-state index is 14.2. The van der Waals surface area contributed by atoms with Gasteiger partial charge in [0.2, 0.25) is 5.91 Å². The zero-order valence-electron chi connectivity index (χ0n) is 21.5. The van der Waals surface area contributed by atoms with Gasteiger partial charge in [0.1, 0.15) is 11.5 Å². The molecule has 0 bridgehead atoms. The largest absolute Gasteiger partial charge is 0.353 e. The van der Waals surface area contributed by atoms with Crippen molar-refractivity contribution in [2.45, 2.75) is 76.9 Å². The number of carbonyl (C=O) groups excluding carboxylic acids is 2. The van der Waals surface area contributed by atoms with Crippen molar-refractivity contribution in [3.8, 4) is 5.69 Å². The van der Waals surface area contributed by atoms with Crippen molar-refractivity contribution in [3.63, 3.8) is 0 Å². The van der Waals surface area contributed by atoms with Gasteiger partial charge in [0.25, 0.3) is 5.91 Å². The zero-order chi connectivity index (χ0) is 26.1. The number of aromatic nitrogens is 3. The van der Waals surface area contributed by atoms with E-state index in [0.29, 0.717) is 30.8 Å². The predicted molar refractivity (Wildman–Crippen MR) is 134 cm³/mol. The molecular formula is C27H36F2N6O2. The first-order chi connectivity index (χ1) is 17.8.